The molecule has 0 N–H and O–H groups in total. The van der Waals surface area contributed by atoms with Crippen molar-refractivity contribution in [2.45, 2.75) is 5.03 Å². The second-order valence-corrected chi connectivity index (χ2v) is 5.36. The largest absolute Gasteiger partial charge is 0.283 e. The van der Waals surface area contributed by atoms with E-state index in [9.17, 15) is 12.8 Å². The van der Waals surface area contributed by atoms with Gasteiger partial charge in [0.15, 0.2) is 5.65 Å². The number of hydrogen-bond donors (Lipinski definition) is 0. The standard InChI is InChI=1S/C8H5ClFN3O2S/c1-2-5-3-4-6-11-7(10)8(13(6)12-5)16(9,14)15/h2-4H,1H2. The molecule has 0 radical (unpaired) electrons. The van der Waals surface area contributed by atoms with Crippen LogP contribution in [0, 0.1) is 5.95 Å². The van der Waals surface area contributed by atoms with Crippen LogP contribution in [0.4, 0.5) is 4.39 Å². The summed E-state index contributed by atoms with van der Waals surface area (Å²) in [6.45, 7) is 3.46. The number of aromatic nitrogens is 3. The van der Waals surface area contributed by atoms with Crippen LogP contribution >= 0.6 is 10.7 Å². The van der Waals surface area contributed by atoms with Gasteiger partial charge in [0.05, 0.1) is 5.69 Å². The van der Waals surface area contributed by atoms with Crippen LogP contribution in [-0.4, -0.2) is 23.0 Å². The van der Waals surface area contributed by atoms with Crippen molar-refractivity contribution < 1.29 is 12.8 Å². The summed E-state index contributed by atoms with van der Waals surface area (Å²) < 4.78 is 36.4. The first-order chi connectivity index (χ1) is 7.43. The van der Waals surface area contributed by atoms with Crippen molar-refractivity contribution in [3.63, 3.8) is 0 Å². The molecule has 0 amide bonds. The van der Waals surface area contributed by atoms with Crippen molar-refractivity contribution in [2.24, 2.45) is 0 Å². The zero-order valence-electron chi connectivity index (χ0n) is 7.76. The fraction of sp³-hybridized carbons (Fsp3) is 0. The monoisotopic (exact) mass is 261 g/mol. The van der Waals surface area contributed by atoms with Crippen LogP contribution in [-0.2, 0) is 9.05 Å². The van der Waals surface area contributed by atoms with E-state index in [1.807, 2.05) is 0 Å². The number of rotatable bonds is 2. The van der Waals surface area contributed by atoms with Gasteiger partial charge in [0.2, 0.25) is 5.03 Å². The van der Waals surface area contributed by atoms with Crippen molar-refractivity contribution in [3.05, 3.63) is 30.4 Å². The highest BCUT2D eigenvalue weighted by Crippen LogP contribution is 2.19. The average Bonchev–Trinajstić information content (AvgIpc) is 2.51. The zero-order chi connectivity index (χ0) is 11.9. The van der Waals surface area contributed by atoms with E-state index >= 15 is 0 Å². The van der Waals surface area contributed by atoms with Crippen LogP contribution in [0.25, 0.3) is 11.7 Å². The molecule has 16 heavy (non-hydrogen) atoms. The molecule has 2 aromatic heterocycles. The molecule has 0 aromatic carbocycles. The van der Waals surface area contributed by atoms with Gasteiger partial charge in [-0.15, -0.1) is 0 Å². The normalized spacial score (nSPS) is 11.9. The van der Waals surface area contributed by atoms with Gasteiger partial charge in [0.1, 0.15) is 0 Å². The van der Waals surface area contributed by atoms with Crippen LogP contribution in [0.2, 0.25) is 0 Å². The highest BCUT2D eigenvalue weighted by atomic mass is 35.7. The number of fused-ring (bicyclic) bond motifs is 1. The Labute approximate surface area is 94.6 Å². The van der Waals surface area contributed by atoms with Gasteiger partial charge in [-0.2, -0.15) is 19.0 Å². The average molecular weight is 262 g/mol. The first kappa shape index (κ1) is 11.0. The molecule has 0 aliphatic heterocycles. The minimum absolute atomic E-state index is 0.0577. The van der Waals surface area contributed by atoms with Crippen LogP contribution in [0.3, 0.4) is 0 Å². The van der Waals surface area contributed by atoms with Crippen molar-refractivity contribution in [3.8, 4) is 0 Å². The van der Waals surface area contributed by atoms with Crippen molar-refractivity contribution in [1.82, 2.24) is 14.6 Å². The van der Waals surface area contributed by atoms with Gasteiger partial charge in [-0.1, -0.05) is 6.58 Å². The lowest BCUT2D eigenvalue weighted by molar-refractivity contribution is 0.539. The third-order valence-electron chi connectivity index (χ3n) is 1.86. The Morgan fingerprint density at radius 1 is 1.50 bits per heavy atom. The highest BCUT2D eigenvalue weighted by Gasteiger charge is 2.24. The molecule has 2 heterocycles. The summed E-state index contributed by atoms with van der Waals surface area (Å²) >= 11 is 0. The van der Waals surface area contributed by atoms with E-state index < -0.39 is 20.0 Å². The Hall–Kier alpha value is -1.47. The summed E-state index contributed by atoms with van der Waals surface area (Å²) in [5, 5.41) is 3.04. The fourth-order valence-corrected chi connectivity index (χ4v) is 2.19. The Morgan fingerprint density at radius 2 is 2.19 bits per heavy atom. The topological polar surface area (TPSA) is 64.3 Å². The quantitative estimate of drug-likeness (QED) is 0.768. The molecule has 8 heteroatoms. The van der Waals surface area contributed by atoms with E-state index in [1.54, 1.807) is 0 Å². The van der Waals surface area contributed by atoms with E-state index in [4.69, 9.17) is 10.7 Å². The predicted molar refractivity (Wildman–Crippen MR) is 56.1 cm³/mol. The Kier molecular flexibility index (Phi) is 2.43. The number of halogens is 2. The Bertz CT molecular complexity index is 680. The highest BCUT2D eigenvalue weighted by molar-refractivity contribution is 8.13. The maximum atomic E-state index is 13.3. The van der Waals surface area contributed by atoms with E-state index in [2.05, 4.69) is 16.7 Å². The van der Waals surface area contributed by atoms with Gasteiger partial charge in [-0.3, -0.25) is 0 Å². The van der Waals surface area contributed by atoms with Crippen molar-refractivity contribution >= 4 is 31.5 Å². The molecule has 5 nitrogen and oxygen atoms in total. The number of hydrogen-bond acceptors (Lipinski definition) is 4. The minimum atomic E-state index is -4.24. The second-order valence-electron chi connectivity index (χ2n) is 2.88. The zero-order valence-corrected chi connectivity index (χ0v) is 9.33. The number of imidazole rings is 1. The molecule has 0 bridgehead atoms. The molecule has 2 rings (SSSR count). The van der Waals surface area contributed by atoms with Crippen molar-refractivity contribution in [1.29, 1.82) is 0 Å². The Morgan fingerprint density at radius 3 is 2.75 bits per heavy atom. The SMILES string of the molecule is C=Cc1ccc2nc(F)c(S(=O)(=O)Cl)n2n1. The smallest absolute Gasteiger partial charge is 0.205 e. The molecule has 0 aliphatic rings. The van der Waals surface area contributed by atoms with Gasteiger partial charge < -0.3 is 0 Å². The predicted octanol–water partition coefficient (Wildman–Crippen LogP) is 1.44. The summed E-state index contributed by atoms with van der Waals surface area (Å²) in [6, 6.07) is 2.94. The van der Waals surface area contributed by atoms with Crippen LogP contribution in [0.15, 0.2) is 23.7 Å². The van der Waals surface area contributed by atoms with Gasteiger partial charge in [0.25, 0.3) is 15.0 Å². The molecule has 0 aliphatic carbocycles. The van der Waals surface area contributed by atoms with E-state index in [0.717, 1.165) is 4.52 Å². The summed E-state index contributed by atoms with van der Waals surface area (Å²) in [5.41, 5.74) is 0.439. The minimum Gasteiger partial charge on any atom is -0.205 e. The molecule has 0 atom stereocenters. The third kappa shape index (κ3) is 1.68. The molecule has 0 saturated heterocycles. The maximum Gasteiger partial charge on any atom is 0.283 e. The molecular formula is C8H5ClFN3O2S. The second kappa shape index (κ2) is 3.53. The maximum absolute atomic E-state index is 13.3. The third-order valence-corrected chi connectivity index (χ3v) is 3.10. The summed E-state index contributed by atoms with van der Waals surface area (Å²) in [7, 11) is 0.844. The van der Waals surface area contributed by atoms with Crippen molar-refractivity contribution in [2.75, 3.05) is 0 Å². The summed E-state index contributed by atoms with van der Waals surface area (Å²) in [4.78, 5) is 3.39. The van der Waals surface area contributed by atoms with Crippen LogP contribution < -0.4 is 0 Å². The Balaban J connectivity index is 2.92. The molecule has 84 valence electrons. The number of nitrogens with zero attached hydrogens (tertiary/aromatic N) is 3. The lowest BCUT2D eigenvalue weighted by Crippen LogP contribution is -2.03. The lowest BCUT2D eigenvalue weighted by atomic mass is 10.4. The van der Waals surface area contributed by atoms with E-state index in [0.29, 0.717) is 5.69 Å². The van der Waals surface area contributed by atoms with Gasteiger partial charge in [-0.05, 0) is 18.2 Å². The molecule has 0 unspecified atom stereocenters. The summed E-state index contributed by atoms with van der Waals surface area (Å²) in [5.74, 6) is -1.18. The van der Waals surface area contributed by atoms with Crippen LogP contribution in [0.5, 0.6) is 0 Å². The van der Waals surface area contributed by atoms with E-state index in [-0.39, 0.29) is 5.65 Å². The van der Waals surface area contributed by atoms with Gasteiger partial charge in [0, 0.05) is 10.7 Å². The molecule has 0 spiro atoms. The summed E-state index contributed by atoms with van der Waals surface area (Å²) in [6.07, 6.45) is 1.39. The fourth-order valence-electron chi connectivity index (χ4n) is 1.21. The van der Waals surface area contributed by atoms with E-state index in [1.165, 1.54) is 18.2 Å². The lowest BCUT2D eigenvalue weighted by Gasteiger charge is -1.97. The first-order valence-electron chi connectivity index (χ1n) is 4.06. The van der Waals surface area contributed by atoms with Crippen LogP contribution in [0.1, 0.15) is 5.69 Å². The molecule has 2 aromatic rings. The molecular weight excluding hydrogens is 257 g/mol. The molecule has 0 saturated carbocycles. The van der Waals surface area contributed by atoms with Gasteiger partial charge in [-0.25, -0.2) is 8.42 Å². The van der Waals surface area contributed by atoms with Gasteiger partial charge >= 0.3 is 0 Å². The first-order valence-corrected chi connectivity index (χ1v) is 6.37. The molecule has 0 fully saturated rings.